The van der Waals surface area contributed by atoms with E-state index in [1.54, 1.807) is 10.7 Å². The quantitative estimate of drug-likeness (QED) is 0.472. The molecule has 0 aliphatic carbocycles. The zero-order valence-corrected chi connectivity index (χ0v) is 8.12. The van der Waals surface area contributed by atoms with Gasteiger partial charge in [-0.2, -0.15) is 9.61 Å². The second kappa shape index (κ2) is 2.54. The Kier molecular flexibility index (Phi) is 1.23. The molecule has 3 heterocycles. The van der Waals surface area contributed by atoms with Crippen LogP contribution < -0.4 is 0 Å². The third-order valence-electron chi connectivity index (χ3n) is 2.63. The minimum atomic E-state index is 0.655. The Balaban J connectivity index is 2.38. The smallest absolute Gasteiger partial charge is 0.183 e. The Morgan fingerprint density at radius 3 is 3.12 bits per heavy atom. The standard InChI is InChI=1S/C10H6N6/c1-2-4-8-7(3-1)12-10-6-5-11-13-9(6)14-15-16(8)10/h1-5H,(H,11,13). The monoisotopic (exact) mass is 210 g/mol. The summed E-state index contributed by atoms with van der Waals surface area (Å²) in [7, 11) is 0. The van der Waals surface area contributed by atoms with E-state index in [2.05, 4.69) is 25.5 Å². The van der Waals surface area contributed by atoms with E-state index in [4.69, 9.17) is 0 Å². The van der Waals surface area contributed by atoms with Crippen LogP contribution in [0.15, 0.2) is 30.5 Å². The van der Waals surface area contributed by atoms with Crippen molar-refractivity contribution in [2.45, 2.75) is 0 Å². The average molecular weight is 210 g/mol. The number of hydrogen-bond acceptors (Lipinski definition) is 4. The summed E-state index contributed by atoms with van der Waals surface area (Å²) in [6.07, 6.45) is 1.71. The fourth-order valence-corrected chi connectivity index (χ4v) is 1.89. The first-order valence-corrected chi connectivity index (χ1v) is 4.87. The highest BCUT2D eigenvalue weighted by molar-refractivity contribution is 5.93. The van der Waals surface area contributed by atoms with Crippen LogP contribution >= 0.6 is 0 Å². The minimum absolute atomic E-state index is 0.655. The number of H-pyrrole nitrogens is 1. The Morgan fingerprint density at radius 2 is 2.12 bits per heavy atom. The van der Waals surface area contributed by atoms with Crippen molar-refractivity contribution in [2.24, 2.45) is 0 Å². The molecule has 0 unspecified atom stereocenters. The number of para-hydroxylation sites is 2. The fourth-order valence-electron chi connectivity index (χ4n) is 1.89. The number of aromatic nitrogens is 6. The van der Waals surface area contributed by atoms with Crippen LogP contribution in [-0.4, -0.2) is 30.0 Å². The minimum Gasteiger partial charge on any atom is -0.259 e. The lowest BCUT2D eigenvalue weighted by Crippen LogP contribution is -1.95. The van der Waals surface area contributed by atoms with Crippen LogP contribution in [0.25, 0.3) is 27.7 Å². The van der Waals surface area contributed by atoms with Crippen molar-refractivity contribution in [3.05, 3.63) is 30.5 Å². The molecule has 0 aliphatic rings. The van der Waals surface area contributed by atoms with Gasteiger partial charge in [0, 0.05) is 0 Å². The van der Waals surface area contributed by atoms with E-state index in [0.29, 0.717) is 5.65 Å². The van der Waals surface area contributed by atoms with Gasteiger partial charge in [-0.25, -0.2) is 4.98 Å². The summed E-state index contributed by atoms with van der Waals surface area (Å²) in [5.41, 5.74) is 3.29. The van der Waals surface area contributed by atoms with Gasteiger partial charge in [-0.05, 0) is 12.1 Å². The summed E-state index contributed by atoms with van der Waals surface area (Å²) in [4.78, 5) is 4.52. The predicted octanol–water partition coefficient (Wildman–Crippen LogP) is 1.15. The van der Waals surface area contributed by atoms with E-state index >= 15 is 0 Å². The third kappa shape index (κ3) is 0.813. The maximum absolute atomic E-state index is 4.52. The summed E-state index contributed by atoms with van der Waals surface area (Å²) in [5, 5.41) is 15.7. The van der Waals surface area contributed by atoms with Crippen LogP contribution in [0.1, 0.15) is 0 Å². The molecule has 0 fully saturated rings. The van der Waals surface area contributed by atoms with Crippen molar-refractivity contribution in [1.29, 1.82) is 0 Å². The number of hydrogen-bond donors (Lipinski definition) is 1. The second-order valence-electron chi connectivity index (χ2n) is 3.56. The molecule has 6 heteroatoms. The van der Waals surface area contributed by atoms with Gasteiger partial charge in [0.15, 0.2) is 11.3 Å². The van der Waals surface area contributed by atoms with Gasteiger partial charge in [-0.1, -0.05) is 17.3 Å². The van der Waals surface area contributed by atoms with Crippen LogP contribution in [0.4, 0.5) is 0 Å². The molecule has 4 aromatic rings. The van der Waals surface area contributed by atoms with Gasteiger partial charge in [-0.15, -0.1) is 5.10 Å². The summed E-state index contributed by atoms with van der Waals surface area (Å²) < 4.78 is 1.73. The zero-order chi connectivity index (χ0) is 10.5. The van der Waals surface area contributed by atoms with Crippen LogP contribution in [0.5, 0.6) is 0 Å². The van der Waals surface area contributed by atoms with Crippen LogP contribution in [0, 0.1) is 0 Å². The predicted molar refractivity (Wildman–Crippen MR) is 57.9 cm³/mol. The van der Waals surface area contributed by atoms with E-state index in [0.717, 1.165) is 22.1 Å². The SMILES string of the molecule is c1ccc2c(c1)nc1c3cn[nH]c3nnn21. The molecule has 3 aromatic heterocycles. The van der Waals surface area contributed by atoms with Gasteiger partial charge in [0.05, 0.1) is 22.6 Å². The van der Waals surface area contributed by atoms with E-state index in [1.165, 1.54) is 0 Å². The van der Waals surface area contributed by atoms with Crippen molar-refractivity contribution < 1.29 is 0 Å². The Bertz CT molecular complexity index is 812. The van der Waals surface area contributed by atoms with E-state index < -0.39 is 0 Å². The molecule has 76 valence electrons. The van der Waals surface area contributed by atoms with Crippen LogP contribution in [-0.2, 0) is 0 Å². The van der Waals surface area contributed by atoms with Crippen molar-refractivity contribution in [1.82, 2.24) is 30.0 Å². The summed E-state index contributed by atoms with van der Waals surface area (Å²) in [6.45, 7) is 0. The molecule has 6 nitrogen and oxygen atoms in total. The summed E-state index contributed by atoms with van der Waals surface area (Å²) >= 11 is 0. The molecular formula is C10H6N6. The number of nitrogens with zero attached hydrogens (tertiary/aromatic N) is 5. The first kappa shape index (κ1) is 7.75. The highest BCUT2D eigenvalue weighted by atomic mass is 15.4. The molecule has 1 N–H and O–H groups in total. The lowest BCUT2D eigenvalue weighted by molar-refractivity contribution is 0.842. The second-order valence-corrected chi connectivity index (χ2v) is 3.56. The van der Waals surface area contributed by atoms with Crippen molar-refractivity contribution in [3.63, 3.8) is 0 Å². The maximum Gasteiger partial charge on any atom is 0.183 e. The topological polar surface area (TPSA) is 71.8 Å². The molecule has 0 spiro atoms. The van der Waals surface area contributed by atoms with Gasteiger partial charge in [-0.3, -0.25) is 5.10 Å². The Hall–Kier alpha value is -2.50. The lowest BCUT2D eigenvalue weighted by atomic mass is 10.3. The summed E-state index contributed by atoms with van der Waals surface area (Å²) in [5.74, 6) is 0. The van der Waals surface area contributed by atoms with Gasteiger partial charge < -0.3 is 0 Å². The number of rotatable bonds is 0. The van der Waals surface area contributed by atoms with Crippen molar-refractivity contribution in [2.75, 3.05) is 0 Å². The Morgan fingerprint density at radius 1 is 1.19 bits per heavy atom. The molecule has 16 heavy (non-hydrogen) atoms. The van der Waals surface area contributed by atoms with Crippen molar-refractivity contribution >= 4 is 27.7 Å². The van der Waals surface area contributed by atoms with Crippen LogP contribution in [0.2, 0.25) is 0 Å². The highest BCUT2D eigenvalue weighted by Gasteiger charge is 2.10. The molecule has 1 aromatic carbocycles. The average Bonchev–Trinajstić information content (AvgIpc) is 2.92. The first-order chi connectivity index (χ1) is 7.93. The number of imidazole rings is 1. The molecule has 0 saturated carbocycles. The molecular weight excluding hydrogens is 204 g/mol. The molecule has 0 bridgehead atoms. The number of fused-ring (bicyclic) bond motifs is 5. The first-order valence-electron chi connectivity index (χ1n) is 4.87. The van der Waals surface area contributed by atoms with Crippen LogP contribution in [0.3, 0.4) is 0 Å². The molecule has 4 rings (SSSR count). The van der Waals surface area contributed by atoms with Gasteiger partial charge in [0.2, 0.25) is 0 Å². The molecule has 0 saturated heterocycles. The van der Waals surface area contributed by atoms with Gasteiger partial charge in [0.25, 0.3) is 0 Å². The highest BCUT2D eigenvalue weighted by Crippen LogP contribution is 2.19. The number of aromatic amines is 1. The largest absolute Gasteiger partial charge is 0.259 e. The molecule has 0 aliphatic heterocycles. The number of nitrogens with one attached hydrogen (secondary N) is 1. The molecule has 0 radical (unpaired) electrons. The fraction of sp³-hybridized carbons (Fsp3) is 0. The summed E-state index contributed by atoms with van der Waals surface area (Å²) in [6, 6.07) is 7.83. The van der Waals surface area contributed by atoms with E-state index in [9.17, 15) is 0 Å². The van der Waals surface area contributed by atoms with Crippen molar-refractivity contribution in [3.8, 4) is 0 Å². The molecule has 0 amide bonds. The lowest BCUT2D eigenvalue weighted by Gasteiger charge is -1.92. The van der Waals surface area contributed by atoms with Gasteiger partial charge >= 0.3 is 0 Å². The van der Waals surface area contributed by atoms with Gasteiger partial charge in [0.1, 0.15) is 0 Å². The van der Waals surface area contributed by atoms with E-state index in [-0.39, 0.29) is 0 Å². The zero-order valence-electron chi connectivity index (χ0n) is 8.12. The molecule has 0 atom stereocenters. The third-order valence-corrected chi connectivity index (χ3v) is 2.63. The van der Waals surface area contributed by atoms with E-state index in [1.807, 2.05) is 24.3 Å². The normalized spacial score (nSPS) is 11.8. The Labute approximate surface area is 88.9 Å². The maximum atomic E-state index is 4.52. The number of benzene rings is 1.